The van der Waals surface area contributed by atoms with Crippen LogP contribution in [0.25, 0.3) is 0 Å². The first-order valence-corrected chi connectivity index (χ1v) is 14.5. The lowest BCUT2D eigenvalue weighted by Gasteiger charge is -2.33. The molecule has 1 heterocycles. The van der Waals surface area contributed by atoms with Gasteiger partial charge in [-0.15, -0.1) is 0 Å². The lowest BCUT2D eigenvalue weighted by molar-refractivity contribution is -0.144. The molecule has 1 aliphatic rings. The van der Waals surface area contributed by atoms with Gasteiger partial charge in [0.15, 0.2) is 0 Å². The van der Waals surface area contributed by atoms with Gasteiger partial charge in [0.2, 0.25) is 17.7 Å². The Bertz CT molecular complexity index is 1250. The molecular weight excluding hydrogens is 517 g/mol. The normalized spacial score (nSPS) is 14.1. The van der Waals surface area contributed by atoms with Crippen molar-refractivity contribution in [3.8, 4) is 0 Å². The van der Waals surface area contributed by atoms with Gasteiger partial charge in [-0.3, -0.25) is 19.3 Å². The van der Waals surface area contributed by atoms with Gasteiger partial charge in [-0.05, 0) is 79.7 Å². The standard InChI is InChI=1S/C34H40FN3O3/c1-25(2)34(41)36-29-14-15-31(35)30(24-29)28-16-20-37(21-17-28)18-9-19-38(32(39)22-26-10-5-3-6-11-26)33(40)23-27-12-7-4-8-13-27/h3-8,10-15,24-25,28H,9,16-23H2,1-2H3,(H,36,41). The van der Waals surface area contributed by atoms with Crippen molar-refractivity contribution in [2.24, 2.45) is 5.92 Å². The molecule has 0 unspecified atom stereocenters. The van der Waals surface area contributed by atoms with Gasteiger partial charge in [0, 0.05) is 18.2 Å². The molecule has 1 fully saturated rings. The molecule has 0 radical (unpaired) electrons. The molecule has 1 N–H and O–H groups in total. The summed E-state index contributed by atoms with van der Waals surface area (Å²) in [4.78, 5) is 42.3. The van der Waals surface area contributed by atoms with Gasteiger partial charge < -0.3 is 10.2 Å². The maximum Gasteiger partial charge on any atom is 0.233 e. The monoisotopic (exact) mass is 557 g/mol. The van der Waals surface area contributed by atoms with E-state index in [0.717, 1.165) is 43.6 Å². The molecule has 0 spiro atoms. The topological polar surface area (TPSA) is 69.7 Å². The molecule has 3 aromatic rings. The number of amides is 3. The number of hydrogen-bond acceptors (Lipinski definition) is 4. The van der Waals surface area contributed by atoms with Gasteiger partial charge in [0.05, 0.1) is 12.8 Å². The Morgan fingerprint density at radius 1 is 0.878 bits per heavy atom. The number of carbonyl (C=O) groups excluding carboxylic acids is 3. The van der Waals surface area contributed by atoms with Crippen LogP contribution < -0.4 is 5.32 Å². The largest absolute Gasteiger partial charge is 0.326 e. The van der Waals surface area contributed by atoms with Crippen LogP contribution in [-0.2, 0) is 27.2 Å². The summed E-state index contributed by atoms with van der Waals surface area (Å²) in [7, 11) is 0. The van der Waals surface area contributed by atoms with Gasteiger partial charge in [-0.1, -0.05) is 74.5 Å². The van der Waals surface area contributed by atoms with E-state index >= 15 is 0 Å². The third-order valence-corrected chi connectivity index (χ3v) is 7.67. The van der Waals surface area contributed by atoms with E-state index < -0.39 is 0 Å². The van der Waals surface area contributed by atoms with Crippen LogP contribution in [0.4, 0.5) is 10.1 Å². The van der Waals surface area contributed by atoms with E-state index in [1.807, 2.05) is 74.5 Å². The Morgan fingerprint density at radius 2 is 1.44 bits per heavy atom. The van der Waals surface area contributed by atoms with E-state index in [2.05, 4.69) is 10.2 Å². The van der Waals surface area contributed by atoms with E-state index in [1.54, 1.807) is 12.1 Å². The highest BCUT2D eigenvalue weighted by atomic mass is 19.1. The van der Waals surface area contributed by atoms with Crippen molar-refractivity contribution in [1.29, 1.82) is 0 Å². The predicted molar refractivity (Wildman–Crippen MR) is 160 cm³/mol. The van der Waals surface area contributed by atoms with Crippen molar-refractivity contribution in [3.05, 3.63) is 101 Å². The summed E-state index contributed by atoms with van der Waals surface area (Å²) in [6.45, 7) is 6.39. The number of nitrogens with one attached hydrogen (secondary N) is 1. The molecule has 0 aromatic heterocycles. The Balaban J connectivity index is 1.32. The van der Waals surface area contributed by atoms with Crippen LogP contribution in [0.3, 0.4) is 0 Å². The second-order valence-electron chi connectivity index (χ2n) is 11.1. The molecule has 0 aliphatic carbocycles. The lowest BCUT2D eigenvalue weighted by atomic mass is 9.88. The van der Waals surface area contributed by atoms with E-state index in [0.29, 0.717) is 24.2 Å². The van der Waals surface area contributed by atoms with Crippen molar-refractivity contribution in [2.75, 3.05) is 31.5 Å². The average Bonchev–Trinajstić information content (AvgIpc) is 2.97. The quantitative estimate of drug-likeness (QED) is 0.322. The second-order valence-corrected chi connectivity index (χ2v) is 11.1. The Morgan fingerprint density at radius 3 is 1.98 bits per heavy atom. The van der Waals surface area contributed by atoms with Crippen LogP contribution in [0.2, 0.25) is 0 Å². The van der Waals surface area contributed by atoms with E-state index in [1.165, 1.54) is 11.0 Å². The molecule has 6 nitrogen and oxygen atoms in total. The smallest absolute Gasteiger partial charge is 0.233 e. The molecule has 216 valence electrons. The minimum absolute atomic E-state index is 0.0820. The summed E-state index contributed by atoms with van der Waals surface area (Å²) in [6, 6.07) is 23.8. The Labute approximate surface area is 242 Å². The van der Waals surface area contributed by atoms with Gasteiger partial charge in [0.1, 0.15) is 5.82 Å². The maximum absolute atomic E-state index is 14.7. The first-order chi connectivity index (χ1) is 19.8. The number of likely N-dealkylation sites (tertiary alicyclic amines) is 1. The van der Waals surface area contributed by atoms with Crippen LogP contribution in [0.1, 0.15) is 55.7 Å². The van der Waals surface area contributed by atoms with E-state index in [-0.39, 0.29) is 48.2 Å². The molecule has 0 saturated carbocycles. The summed E-state index contributed by atoms with van der Waals surface area (Å²) in [5.41, 5.74) is 3.05. The molecular formula is C34H40FN3O3. The molecule has 1 aliphatic heterocycles. The number of anilines is 1. The number of nitrogens with zero attached hydrogens (tertiary/aromatic N) is 2. The third kappa shape index (κ3) is 8.82. The number of benzene rings is 3. The molecule has 0 bridgehead atoms. The molecule has 0 atom stereocenters. The van der Waals surface area contributed by atoms with Crippen LogP contribution in [0.15, 0.2) is 78.9 Å². The first-order valence-electron chi connectivity index (χ1n) is 14.5. The summed E-state index contributed by atoms with van der Waals surface area (Å²) >= 11 is 0. The zero-order chi connectivity index (χ0) is 29.2. The molecule has 3 aromatic carbocycles. The van der Waals surface area contributed by atoms with Crippen molar-refractivity contribution in [1.82, 2.24) is 9.80 Å². The van der Waals surface area contributed by atoms with E-state index in [4.69, 9.17) is 0 Å². The average molecular weight is 558 g/mol. The highest BCUT2D eigenvalue weighted by Crippen LogP contribution is 2.32. The summed E-state index contributed by atoms with van der Waals surface area (Å²) < 4.78 is 14.7. The van der Waals surface area contributed by atoms with Crippen molar-refractivity contribution in [2.45, 2.75) is 51.9 Å². The van der Waals surface area contributed by atoms with Crippen molar-refractivity contribution < 1.29 is 18.8 Å². The molecule has 1 saturated heterocycles. The fourth-order valence-corrected chi connectivity index (χ4v) is 5.26. The molecule has 41 heavy (non-hydrogen) atoms. The Kier molecular flexibility index (Phi) is 10.8. The van der Waals surface area contributed by atoms with E-state index in [9.17, 15) is 18.8 Å². The summed E-state index contributed by atoms with van der Waals surface area (Å²) in [5, 5.41) is 2.87. The second kappa shape index (κ2) is 14.7. The zero-order valence-corrected chi connectivity index (χ0v) is 24.0. The lowest BCUT2D eigenvalue weighted by Crippen LogP contribution is -2.41. The predicted octanol–water partition coefficient (Wildman–Crippen LogP) is 5.83. The minimum Gasteiger partial charge on any atom is -0.326 e. The van der Waals surface area contributed by atoms with Crippen molar-refractivity contribution >= 4 is 23.4 Å². The van der Waals surface area contributed by atoms with Gasteiger partial charge in [-0.2, -0.15) is 0 Å². The number of rotatable bonds is 11. The van der Waals surface area contributed by atoms with Gasteiger partial charge in [-0.25, -0.2) is 4.39 Å². The maximum atomic E-state index is 14.7. The van der Waals surface area contributed by atoms with Gasteiger partial charge in [0.25, 0.3) is 0 Å². The molecule has 7 heteroatoms. The van der Waals surface area contributed by atoms with Crippen LogP contribution in [0, 0.1) is 11.7 Å². The SMILES string of the molecule is CC(C)C(=O)Nc1ccc(F)c(C2CCN(CCCN(C(=O)Cc3ccccc3)C(=O)Cc3ccccc3)CC2)c1. The van der Waals surface area contributed by atoms with Crippen LogP contribution >= 0.6 is 0 Å². The number of imide groups is 1. The third-order valence-electron chi connectivity index (χ3n) is 7.67. The summed E-state index contributed by atoms with van der Waals surface area (Å²) in [5.74, 6) is -0.763. The number of halogens is 1. The van der Waals surface area contributed by atoms with Gasteiger partial charge >= 0.3 is 0 Å². The minimum atomic E-state index is -0.240. The molecule has 4 rings (SSSR count). The zero-order valence-electron chi connectivity index (χ0n) is 24.0. The fourth-order valence-electron chi connectivity index (χ4n) is 5.26. The number of hydrogen-bond donors (Lipinski definition) is 1. The van der Waals surface area contributed by atoms with Crippen molar-refractivity contribution in [3.63, 3.8) is 0 Å². The summed E-state index contributed by atoms with van der Waals surface area (Å²) in [6.07, 6.45) is 2.67. The number of carbonyl (C=O) groups is 3. The van der Waals surface area contributed by atoms with Crippen LogP contribution in [-0.4, -0.2) is 53.7 Å². The number of piperidine rings is 1. The van der Waals surface area contributed by atoms with Crippen LogP contribution in [0.5, 0.6) is 0 Å². The highest BCUT2D eigenvalue weighted by Gasteiger charge is 2.25. The Hall–Kier alpha value is -3.84. The fraction of sp³-hybridized carbons (Fsp3) is 0.382. The molecule has 3 amide bonds. The highest BCUT2D eigenvalue weighted by molar-refractivity contribution is 5.97. The first kappa shape index (κ1) is 30.1.